The van der Waals surface area contributed by atoms with Crippen molar-refractivity contribution in [2.24, 2.45) is 0 Å². The fourth-order valence-corrected chi connectivity index (χ4v) is 4.30. The average Bonchev–Trinajstić information content (AvgIpc) is 3.08. The Kier molecular flexibility index (Phi) is 6.57. The van der Waals surface area contributed by atoms with Gasteiger partial charge in [-0.25, -0.2) is 8.42 Å². The molecule has 0 saturated heterocycles. The molecule has 0 spiro atoms. The number of nitrogens with one attached hydrogen (secondary N) is 3. The Balaban J connectivity index is 1.28. The third kappa shape index (κ3) is 5.52. The number of ether oxygens (including phenoxy) is 1. The van der Waals surface area contributed by atoms with Gasteiger partial charge < -0.3 is 20.1 Å². The highest BCUT2D eigenvalue weighted by atomic mass is 35.5. The van der Waals surface area contributed by atoms with E-state index in [1.165, 1.54) is 0 Å². The number of halogens is 1. The summed E-state index contributed by atoms with van der Waals surface area (Å²) in [6.45, 7) is 1.28. The van der Waals surface area contributed by atoms with Crippen molar-refractivity contribution in [1.82, 2.24) is 10.3 Å². The van der Waals surface area contributed by atoms with Gasteiger partial charge in [0.05, 0.1) is 17.9 Å². The topological polar surface area (TPSA) is 103 Å². The van der Waals surface area contributed by atoms with Crippen molar-refractivity contribution in [3.05, 3.63) is 71.2 Å². The molecule has 0 amide bonds. The number of fused-ring (bicyclic) bond motifs is 3. The summed E-state index contributed by atoms with van der Waals surface area (Å²) in [7, 11) is -3.37. The van der Waals surface area contributed by atoms with Crippen molar-refractivity contribution in [3.8, 4) is 5.75 Å². The first kappa shape index (κ1) is 22.4. The van der Waals surface area contributed by atoms with Gasteiger partial charge in [-0.2, -0.15) is 0 Å². The Morgan fingerprint density at radius 3 is 2.59 bits per heavy atom. The van der Waals surface area contributed by atoms with Gasteiger partial charge >= 0.3 is 0 Å². The lowest BCUT2D eigenvalue weighted by molar-refractivity contribution is 0.172. The predicted molar refractivity (Wildman–Crippen MR) is 129 cm³/mol. The van der Waals surface area contributed by atoms with Crippen LogP contribution in [0, 0.1) is 0 Å². The SMILES string of the molecule is CS(=O)(=O)Nc1cccc([C@@H](O)CNCCOc2ccc3c(c2)[nH]c2cc(Cl)ccc23)c1. The Morgan fingerprint density at radius 1 is 1.06 bits per heavy atom. The van der Waals surface area contributed by atoms with Gasteiger partial charge in [0.25, 0.3) is 0 Å². The van der Waals surface area contributed by atoms with Gasteiger partial charge in [-0.1, -0.05) is 29.8 Å². The van der Waals surface area contributed by atoms with Crippen LogP contribution in [-0.2, 0) is 10.0 Å². The molecule has 4 N–H and O–H groups in total. The van der Waals surface area contributed by atoms with E-state index in [9.17, 15) is 13.5 Å². The molecule has 0 unspecified atom stereocenters. The number of benzene rings is 3. The molecule has 0 aliphatic carbocycles. The van der Waals surface area contributed by atoms with E-state index in [0.717, 1.165) is 33.8 Å². The maximum atomic E-state index is 11.4. The molecule has 1 atom stereocenters. The van der Waals surface area contributed by atoms with E-state index in [0.29, 0.717) is 36.0 Å². The average molecular weight is 474 g/mol. The van der Waals surface area contributed by atoms with E-state index in [4.69, 9.17) is 16.3 Å². The highest BCUT2D eigenvalue weighted by Gasteiger charge is 2.10. The van der Waals surface area contributed by atoms with Crippen LogP contribution in [0.25, 0.3) is 21.8 Å². The molecule has 0 aliphatic heterocycles. The first-order chi connectivity index (χ1) is 15.3. The highest BCUT2D eigenvalue weighted by Crippen LogP contribution is 2.30. The number of H-pyrrole nitrogens is 1. The highest BCUT2D eigenvalue weighted by molar-refractivity contribution is 7.92. The number of aliphatic hydroxyl groups excluding tert-OH is 1. The van der Waals surface area contributed by atoms with Crippen LogP contribution in [0.1, 0.15) is 11.7 Å². The first-order valence-electron chi connectivity index (χ1n) is 10.1. The van der Waals surface area contributed by atoms with Crippen molar-refractivity contribution in [1.29, 1.82) is 0 Å². The number of aromatic nitrogens is 1. The standard InChI is InChI=1S/C23H24ClN3O4S/c1-32(29,30)27-17-4-2-3-15(11-17)23(28)14-25-9-10-31-18-6-8-20-19-7-5-16(24)12-21(19)26-22(20)13-18/h2-8,11-13,23,25-28H,9-10,14H2,1H3/t23-/m0/s1. The minimum absolute atomic E-state index is 0.313. The van der Waals surface area contributed by atoms with E-state index in [1.807, 2.05) is 36.4 Å². The maximum absolute atomic E-state index is 11.4. The van der Waals surface area contributed by atoms with Gasteiger partial charge in [0.1, 0.15) is 12.4 Å². The summed E-state index contributed by atoms with van der Waals surface area (Å²) < 4.78 is 31.0. The molecule has 32 heavy (non-hydrogen) atoms. The molecule has 9 heteroatoms. The van der Waals surface area contributed by atoms with Crippen LogP contribution in [0.3, 0.4) is 0 Å². The lowest BCUT2D eigenvalue weighted by Gasteiger charge is -2.14. The number of hydrogen-bond donors (Lipinski definition) is 4. The summed E-state index contributed by atoms with van der Waals surface area (Å²) >= 11 is 6.07. The van der Waals surface area contributed by atoms with Crippen LogP contribution in [0.15, 0.2) is 60.7 Å². The number of aromatic amines is 1. The van der Waals surface area contributed by atoms with Gasteiger partial charge in [-0.3, -0.25) is 4.72 Å². The summed E-state index contributed by atoms with van der Waals surface area (Å²) in [6, 6.07) is 18.4. The second-order valence-electron chi connectivity index (χ2n) is 7.59. The minimum Gasteiger partial charge on any atom is -0.492 e. The van der Waals surface area contributed by atoms with Crippen molar-refractivity contribution < 1.29 is 18.3 Å². The fourth-order valence-electron chi connectivity index (χ4n) is 3.57. The van der Waals surface area contributed by atoms with Crippen LogP contribution >= 0.6 is 11.6 Å². The number of hydrogen-bond acceptors (Lipinski definition) is 5. The lowest BCUT2D eigenvalue weighted by Crippen LogP contribution is -2.26. The third-order valence-corrected chi connectivity index (χ3v) is 5.83. The van der Waals surface area contributed by atoms with E-state index < -0.39 is 16.1 Å². The van der Waals surface area contributed by atoms with Crippen LogP contribution in [0.5, 0.6) is 5.75 Å². The second kappa shape index (κ2) is 9.38. The van der Waals surface area contributed by atoms with Crippen molar-refractivity contribution in [2.45, 2.75) is 6.10 Å². The van der Waals surface area contributed by atoms with E-state index in [-0.39, 0.29) is 0 Å². The minimum atomic E-state index is -3.37. The Bertz CT molecular complexity index is 1350. The van der Waals surface area contributed by atoms with Gasteiger partial charge in [-0.05, 0) is 42.0 Å². The van der Waals surface area contributed by atoms with Gasteiger partial charge in [0, 0.05) is 46.2 Å². The number of sulfonamides is 1. The molecule has 3 aromatic carbocycles. The van der Waals surface area contributed by atoms with Crippen LogP contribution in [-0.4, -0.2) is 44.5 Å². The Hall–Kier alpha value is -2.78. The molecule has 0 radical (unpaired) electrons. The molecule has 0 bridgehead atoms. The van der Waals surface area contributed by atoms with Crippen molar-refractivity contribution >= 4 is 49.1 Å². The molecule has 168 valence electrons. The molecule has 4 rings (SSSR count). The van der Waals surface area contributed by atoms with Gasteiger partial charge in [0.15, 0.2) is 0 Å². The maximum Gasteiger partial charge on any atom is 0.229 e. The Morgan fingerprint density at radius 2 is 1.81 bits per heavy atom. The summed E-state index contributed by atoms with van der Waals surface area (Å²) in [4.78, 5) is 3.36. The van der Waals surface area contributed by atoms with Crippen LogP contribution in [0.4, 0.5) is 5.69 Å². The second-order valence-corrected chi connectivity index (χ2v) is 9.78. The van der Waals surface area contributed by atoms with Crippen molar-refractivity contribution in [2.75, 3.05) is 30.7 Å². The molecule has 1 aromatic heterocycles. The third-order valence-electron chi connectivity index (χ3n) is 4.99. The number of rotatable bonds is 9. The largest absolute Gasteiger partial charge is 0.492 e. The quantitative estimate of drug-likeness (QED) is 0.275. The monoisotopic (exact) mass is 473 g/mol. The number of anilines is 1. The van der Waals surface area contributed by atoms with E-state index in [1.54, 1.807) is 24.3 Å². The lowest BCUT2D eigenvalue weighted by atomic mass is 10.1. The summed E-state index contributed by atoms with van der Waals surface area (Å²) in [6.07, 6.45) is 0.314. The van der Waals surface area contributed by atoms with Gasteiger partial charge in [-0.15, -0.1) is 0 Å². The Labute approximate surface area is 191 Å². The predicted octanol–water partition coefficient (Wildman–Crippen LogP) is 4.05. The molecule has 0 saturated carbocycles. The smallest absolute Gasteiger partial charge is 0.229 e. The fraction of sp³-hybridized carbons (Fsp3) is 0.217. The molecular formula is C23H24ClN3O4S. The van der Waals surface area contributed by atoms with Gasteiger partial charge in [0.2, 0.25) is 10.0 Å². The molecular weight excluding hydrogens is 450 g/mol. The zero-order valence-corrected chi connectivity index (χ0v) is 19.0. The summed E-state index contributed by atoms with van der Waals surface area (Å²) in [5.74, 6) is 0.747. The molecule has 7 nitrogen and oxygen atoms in total. The molecule has 4 aromatic rings. The summed E-state index contributed by atoms with van der Waals surface area (Å²) in [5.41, 5.74) is 3.00. The first-order valence-corrected chi connectivity index (χ1v) is 12.4. The van der Waals surface area contributed by atoms with E-state index >= 15 is 0 Å². The van der Waals surface area contributed by atoms with E-state index in [2.05, 4.69) is 15.0 Å². The molecule has 0 fully saturated rings. The summed E-state index contributed by atoms with van der Waals surface area (Å²) in [5, 5.41) is 16.4. The number of aliphatic hydroxyl groups is 1. The zero-order chi connectivity index (χ0) is 22.7. The van der Waals surface area contributed by atoms with Crippen molar-refractivity contribution in [3.63, 3.8) is 0 Å². The molecule has 1 heterocycles. The zero-order valence-electron chi connectivity index (χ0n) is 17.4. The normalized spacial score (nSPS) is 12.8. The molecule has 0 aliphatic rings. The van der Waals surface area contributed by atoms with Crippen LogP contribution in [0.2, 0.25) is 5.02 Å². The van der Waals surface area contributed by atoms with Crippen LogP contribution < -0.4 is 14.8 Å².